The van der Waals surface area contributed by atoms with Crippen LogP contribution in [0.3, 0.4) is 0 Å². The van der Waals surface area contributed by atoms with Crippen molar-refractivity contribution in [3.8, 4) is 0 Å². The average molecular weight is 746 g/mol. The lowest BCUT2D eigenvalue weighted by atomic mass is 9.75. The number of anilines is 2. The highest BCUT2D eigenvalue weighted by Gasteiger charge is 2.39. The van der Waals surface area contributed by atoms with Crippen molar-refractivity contribution in [1.82, 2.24) is 9.47 Å². The number of nitrogens with zero attached hydrogens (tertiary/aromatic N) is 3. The molecule has 3 unspecified atom stereocenters. The number of hydrogen-bond donors (Lipinski definition) is 0. The van der Waals surface area contributed by atoms with Crippen LogP contribution >= 0.6 is 0 Å². The zero-order valence-electron chi connectivity index (χ0n) is 34.5. The Kier molecular flexibility index (Phi) is 8.52. The molecule has 5 aliphatic carbocycles. The van der Waals surface area contributed by atoms with Crippen molar-refractivity contribution in [1.29, 1.82) is 0 Å². The van der Waals surface area contributed by atoms with Crippen molar-refractivity contribution in [2.24, 2.45) is 17.3 Å². The molecule has 0 saturated heterocycles. The Morgan fingerprint density at radius 3 is 2.47 bits per heavy atom. The topological polar surface area (TPSA) is 11.4 Å². The van der Waals surface area contributed by atoms with Gasteiger partial charge in [-0.2, -0.15) is 0 Å². The average Bonchev–Trinajstić information content (AvgIpc) is 3.66. The Morgan fingerprint density at radius 2 is 1.68 bits per heavy atom. The van der Waals surface area contributed by atoms with Gasteiger partial charge in [-0.15, -0.1) is 0 Å². The summed E-state index contributed by atoms with van der Waals surface area (Å²) < 4.78 is 2.57. The molecule has 0 radical (unpaired) electrons. The fourth-order valence-corrected chi connectivity index (χ4v) is 10.5. The molecule has 10 rings (SSSR count). The van der Waals surface area contributed by atoms with Crippen LogP contribution in [0.2, 0.25) is 0 Å². The molecule has 0 amide bonds. The zero-order chi connectivity index (χ0) is 39.1. The third-order valence-electron chi connectivity index (χ3n) is 13.8. The van der Waals surface area contributed by atoms with Crippen molar-refractivity contribution in [2.45, 2.75) is 72.1 Å². The first-order valence-electron chi connectivity index (χ1n) is 21.2. The van der Waals surface area contributed by atoms with Gasteiger partial charge in [-0.05, 0) is 126 Å². The van der Waals surface area contributed by atoms with E-state index in [-0.39, 0.29) is 10.8 Å². The van der Waals surface area contributed by atoms with Crippen LogP contribution in [0.5, 0.6) is 0 Å². The van der Waals surface area contributed by atoms with E-state index >= 15 is 0 Å². The molecule has 0 spiro atoms. The fourth-order valence-electron chi connectivity index (χ4n) is 10.5. The number of para-hydroxylation sites is 1. The molecule has 3 nitrogen and oxygen atoms in total. The molecule has 57 heavy (non-hydrogen) atoms. The summed E-state index contributed by atoms with van der Waals surface area (Å²) in [5, 5.41) is 1.35. The van der Waals surface area contributed by atoms with Gasteiger partial charge in [0.1, 0.15) is 0 Å². The lowest BCUT2D eigenvalue weighted by Crippen LogP contribution is -2.26. The molecule has 0 fully saturated rings. The summed E-state index contributed by atoms with van der Waals surface area (Å²) in [7, 11) is 2.17. The first-order chi connectivity index (χ1) is 27.6. The molecule has 6 aliphatic rings. The van der Waals surface area contributed by atoms with Crippen LogP contribution in [0, 0.1) is 17.3 Å². The molecule has 4 aromatic rings. The second-order valence-corrected chi connectivity index (χ2v) is 18.2. The molecule has 2 heterocycles. The van der Waals surface area contributed by atoms with Crippen LogP contribution in [0.1, 0.15) is 88.2 Å². The summed E-state index contributed by atoms with van der Waals surface area (Å²) in [5.41, 5.74) is 19.1. The largest absolute Gasteiger partial charge is 0.376 e. The van der Waals surface area contributed by atoms with E-state index in [4.69, 9.17) is 0 Å². The molecule has 1 aliphatic heterocycles. The van der Waals surface area contributed by atoms with Crippen LogP contribution in [0.4, 0.5) is 11.4 Å². The van der Waals surface area contributed by atoms with E-state index < -0.39 is 0 Å². The quantitative estimate of drug-likeness (QED) is 0.195. The number of hydrogen-bond acceptors (Lipinski definition) is 2. The number of fused-ring (bicyclic) bond motifs is 5. The van der Waals surface area contributed by atoms with Gasteiger partial charge in [0, 0.05) is 76.0 Å². The highest BCUT2D eigenvalue weighted by atomic mass is 15.1. The summed E-state index contributed by atoms with van der Waals surface area (Å²) in [4.78, 5) is 4.78. The van der Waals surface area contributed by atoms with Gasteiger partial charge in [-0.25, -0.2) is 0 Å². The highest BCUT2D eigenvalue weighted by Crippen LogP contribution is 2.52. The van der Waals surface area contributed by atoms with E-state index in [1.165, 1.54) is 83.9 Å². The predicted octanol–water partition coefficient (Wildman–Crippen LogP) is 13.6. The predicted molar refractivity (Wildman–Crippen MR) is 243 cm³/mol. The maximum Gasteiger partial charge on any atom is 0.0534 e. The molecular weight excluding hydrogens is 691 g/mol. The number of likely N-dealkylation sites (N-methyl/N-ethyl adjacent to an activating group) is 1. The van der Waals surface area contributed by atoms with Gasteiger partial charge in [0.15, 0.2) is 0 Å². The second kappa shape index (κ2) is 13.5. The lowest BCUT2D eigenvalue weighted by Gasteiger charge is -2.35. The molecule has 1 aromatic heterocycles. The van der Waals surface area contributed by atoms with Crippen LogP contribution in [0.25, 0.3) is 33.8 Å². The molecule has 0 saturated carbocycles. The Morgan fingerprint density at radius 1 is 0.860 bits per heavy atom. The van der Waals surface area contributed by atoms with E-state index in [0.29, 0.717) is 11.8 Å². The molecule has 3 atom stereocenters. The zero-order valence-corrected chi connectivity index (χ0v) is 34.5. The minimum Gasteiger partial charge on any atom is -0.376 e. The lowest BCUT2D eigenvalue weighted by molar-refractivity contribution is 0.457. The molecule has 286 valence electrons. The molecule has 0 N–H and O–H groups in total. The standard InChI is InChI=1S/C54H55N3/c1-36-17-25-48-46(32-36)44-24-23-43(34-49(44)53(48,3)4)56(42-27-29-54(5,30-28-42)40-13-11-31-55(6)35-40)41-21-18-38(19-22-41)39-20-26-52-47(33-39)45-14-8-10-16-51(45)57(52)50-15-9-7-12-37(50)2/h7-11,13-19,21-25,27-29,33-37H,12,20,26,30-32H2,1-6H3. The van der Waals surface area contributed by atoms with E-state index in [2.05, 4.69) is 196 Å². The molecular formula is C54H55N3. The number of rotatable bonds is 6. The van der Waals surface area contributed by atoms with E-state index in [1.807, 2.05) is 0 Å². The van der Waals surface area contributed by atoms with Gasteiger partial charge in [-0.1, -0.05) is 120 Å². The van der Waals surface area contributed by atoms with Gasteiger partial charge < -0.3 is 14.4 Å². The van der Waals surface area contributed by atoms with Crippen LogP contribution in [-0.4, -0.2) is 23.1 Å². The molecule has 3 aromatic carbocycles. The third kappa shape index (κ3) is 5.92. The van der Waals surface area contributed by atoms with Crippen molar-refractivity contribution >= 4 is 45.2 Å². The number of benzene rings is 3. The molecule has 0 bridgehead atoms. The summed E-state index contributed by atoms with van der Waals surface area (Å²) in [6.07, 6.45) is 33.6. The Hall–Kier alpha value is -5.54. The van der Waals surface area contributed by atoms with Gasteiger partial charge in [0.05, 0.1) is 5.52 Å². The van der Waals surface area contributed by atoms with Crippen molar-refractivity contribution in [3.63, 3.8) is 0 Å². The van der Waals surface area contributed by atoms with Gasteiger partial charge in [0.25, 0.3) is 0 Å². The highest BCUT2D eigenvalue weighted by molar-refractivity contribution is 6.00. The minimum atomic E-state index is -0.0478. The van der Waals surface area contributed by atoms with Crippen LogP contribution < -0.4 is 4.90 Å². The second-order valence-electron chi connectivity index (χ2n) is 18.2. The fraction of sp³-hybridized carbons (Fsp3) is 0.296. The summed E-state index contributed by atoms with van der Waals surface area (Å²) >= 11 is 0. The third-order valence-corrected chi connectivity index (χ3v) is 13.8. The van der Waals surface area contributed by atoms with Crippen molar-refractivity contribution in [2.75, 3.05) is 18.5 Å². The summed E-state index contributed by atoms with van der Waals surface area (Å²) in [6, 6.07) is 25.7. The molecule has 3 heteroatoms. The number of allylic oxidation sites excluding steroid dienone is 14. The number of aromatic nitrogens is 1. The minimum absolute atomic E-state index is 0.0360. The monoisotopic (exact) mass is 745 g/mol. The van der Waals surface area contributed by atoms with Crippen LogP contribution in [-0.2, 0) is 11.8 Å². The van der Waals surface area contributed by atoms with E-state index in [0.717, 1.165) is 38.6 Å². The van der Waals surface area contributed by atoms with Gasteiger partial charge in [-0.3, -0.25) is 0 Å². The van der Waals surface area contributed by atoms with E-state index in [1.54, 1.807) is 0 Å². The Bertz CT molecular complexity index is 2600. The first-order valence-corrected chi connectivity index (χ1v) is 21.2. The van der Waals surface area contributed by atoms with Crippen molar-refractivity contribution in [3.05, 3.63) is 178 Å². The summed E-state index contributed by atoms with van der Waals surface area (Å²) in [5.74, 6) is 1.07. The Balaban J connectivity index is 1.03. The SMILES string of the molecule is CC1C=CC2=C(C1)c1ccc(N(C3=CCC(C)(C4=CN(C)CC=C4)C=C3)c3ccc(C4=Cc5c(n(C6=CC=CCC6C)c6ccccc56)CC4)cc3)cc1C2(C)C. The van der Waals surface area contributed by atoms with Crippen molar-refractivity contribution < 1.29 is 0 Å². The summed E-state index contributed by atoms with van der Waals surface area (Å²) in [6.45, 7) is 12.9. The first kappa shape index (κ1) is 35.8. The normalized spacial score (nSPS) is 24.5. The van der Waals surface area contributed by atoms with Gasteiger partial charge in [0.2, 0.25) is 0 Å². The smallest absolute Gasteiger partial charge is 0.0534 e. The van der Waals surface area contributed by atoms with Gasteiger partial charge >= 0.3 is 0 Å². The van der Waals surface area contributed by atoms with Crippen LogP contribution in [0.15, 0.2) is 151 Å². The maximum atomic E-state index is 2.57. The maximum absolute atomic E-state index is 2.57. The van der Waals surface area contributed by atoms with E-state index in [9.17, 15) is 0 Å². The Labute approximate surface area is 339 Å².